The molecule has 0 spiro atoms. The standard InChI is InChI=1S/C12H16FNO/c1-15-12-6-2-5-11(13)10(12)8-9-4-3-7-14-9/h2,5-6,9,14H,3-4,7-8H2,1H3. The lowest BCUT2D eigenvalue weighted by Gasteiger charge is -2.13. The highest BCUT2D eigenvalue weighted by molar-refractivity contribution is 5.35. The van der Waals surface area contributed by atoms with Crippen LogP contribution in [0.4, 0.5) is 4.39 Å². The molecule has 0 saturated carbocycles. The number of benzene rings is 1. The summed E-state index contributed by atoms with van der Waals surface area (Å²) in [5.41, 5.74) is 0.694. The zero-order valence-electron chi connectivity index (χ0n) is 8.92. The minimum absolute atomic E-state index is 0.164. The summed E-state index contributed by atoms with van der Waals surface area (Å²) in [6, 6.07) is 5.38. The predicted octanol–water partition coefficient (Wildman–Crippen LogP) is 2.13. The Hall–Kier alpha value is -1.09. The van der Waals surface area contributed by atoms with Crippen molar-refractivity contribution in [3.8, 4) is 5.75 Å². The lowest BCUT2D eigenvalue weighted by molar-refractivity contribution is 0.400. The summed E-state index contributed by atoms with van der Waals surface area (Å²) in [4.78, 5) is 0. The van der Waals surface area contributed by atoms with Gasteiger partial charge in [0.1, 0.15) is 11.6 Å². The van der Waals surface area contributed by atoms with E-state index in [0.717, 1.165) is 19.4 Å². The zero-order valence-corrected chi connectivity index (χ0v) is 8.92. The number of methoxy groups -OCH3 is 1. The van der Waals surface area contributed by atoms with Crippen LogP contribution in [-0.2, 0) is 6.42 Å². The second kappa shape index (κ2) is 4.62. The van der Waals surface area contributed by atoms with E-state index in [9.17, 15) is 4.39 Å². The number of nitrogens with one attached hydrogen (secondary N) is 1. The minimum Gasteiger partial charge on any atom is -0.496 e. The molecular weight excluding hydrogens is 193 g/mol. The Labute approximate surface area is 89.4 Å². The molecule has 1 heterocycles. The first-order valence-electron chi connectivity index (χ1n) is 5.36. The SMILES string of the molecule is COc1cccc(F)c1CC1CCCN1. The Morgan fingerprint density at radius 2 is 2.40 bits per heavy atom. The van der Waals surface area contributed by atoms with Crippen molar-refractivity contribution in [2.75, 3.05) is 13.7 Å². The van der Waals surface area contributed by atoms with Crippen molar-refractivity contribution < 1.29 is 9.13 Å². The molecule has 1 aromatic rings. The zero-order chi connectivity index (χ0) is 10.7. The first-order chi connectivity index (χ1) is 7.31. The molecule has 1 unspecified atom stereocenters. The van der Waals surface area contributed by atoms with Crippen LogP contribution in [0.5, 0.6) is 5.75 Å². The minimum atomic E-state index is -0.164. The van der Waals surface area contributed by atoms with Crippen molar-refractivity contribution in [1.82, 2.24) is 5.32 Å². The molecule has 1 saturated heterocycles. The van der Waals surface area contributed by atoms with Gasteiger partial charge in [0.15, 0.2) is 0 Å². The first-order valence-corrected chi connectivity index (χ1v) is 5.36. The van der Waals surface area contributed by atoms with Gasteiger partial charge in [-0.2, -0.15) is 0 Å². The third kappa shape index (κ3) is 2.29. The second-order valence-electron chi connectivity index (χ2n) is 3.92. The second-order valence-corrected chi connectivity index (χ2v) is 3.92. The van der Waals surface area contributed by atoms with E-state index in [1.54, 1.807) is 13.2 Å². The fourth-order valence-electron chi connectivity index (χ4n) is 2.11. The van der Waals surface area contributed by atoms with Gasteiger partial charge in [0, 0.05) is 11.6 Å². The molecule has 2 nitrogen and oxygen atoms in total. The van der Waals surface area contributed by atoms with E-state index < -0.39 is 0 Å². The van der Waals surface area contributed by atoms with E-state index in [1.165, 1.54) is 12.5 Å². The molecule has 0 amide bonds. The summed E-state index contributed by atoms with van der Waals surface area (Å²) >= 11 is 0. The maximum Gasteiger partial charge on any atom is 0.130 e. The van der Waals surface area contributed by atoms with Crippen molar-refractivity contribution in [3.63, 3.8) is 0 Å². The molecule has 0 aliphatic carbocycles. The maximum absolute atomic E-state index is 13.6. The molecule has 1 aliphatic heterocycles. The van der Waals surface area contributed by atoms with Crippen molar-refractivity contribution in [2.45, 2.75) is 25.3 Å². The fourth-order valence-corrected chi connectivity index (χ4v) is 2.11. The molecule has 0 bridgehead atoms. The van der Waals surface area contributed by atoms with Crippen LogP contribution in [-0.4, -0.2) is 19.7 Å². The van der Waals surface area contributed by atoms with Crippen LogP contribution in [0, 0.1) is 5.82 Å². The summed E-state index contributed by atoms with van der Waals surface area (Å²) in [5, 5.41) is 3.36. The van der Waals surface area contributed by atoms with E-state index in [0.29, 0.717) is 17.4 Å². The van der Waals surface area contributed by atoms with E-state index >= 15 is 0 Å². The van der Waals surface area contributed by atoms with Gasteiger partial charge in [-0.25, -0.2) is 4.39 Å². The van der Waals surface area contributed by atoms with E-state index in [2.05, 4.69) is 5.32 Å². The first kappa shape index (κ1) is 10.4. The summed E-state index contributed by atoms with van der Waals surface area (Å²) in [5.74, 6) is 0.492. The van der Waals surface area contributed by atoms with Crippen molar-refractivity contribution >= 4 is 0 Å². The lowest BCUT2D eigenvalue weighted by atomic mass is 10.0. The third-order valence-electron chi connectivity index (χ3n) is 2.91. The molecule has 82 valence electrons. The van der Waals surface area contributed by atoms with Crippen LogP contribution in [0.25, 0.3) is 0 Å². The third-order valence-corrected chi connectivity index (χ3v) is 2.91. The van der Waals surface area contributed by atoms with Gasteiger partial charge < -0.3 is 10.1 Å². The maximum atomic E-state index is 13.6. The van der Waals surface area contributed by atoms with Gasteiger partial charge in [-0.1, -0.05) is 6.07 Å². The predicted molar refractivity (Wildman–Crippen MR) is 57.7 cm³/mol. The van der Waals surface area contributed by atoms with Crippen LogP contribution in [0.2, 0.25) is 0 Å². The lowest BCUT2D eigenvalue weighted by Crippen LogP contribution is -2.24. The highest BCUT2D eigenvalue weighted by Gasteiger charge is 2.18. The van der Waals surface area contributed by atoms with Crippen LogP contribution in [0.15, 0.2) is 18.2 Å². The fraction of sp³-hybridized carbons (Fsp3) is 0.500. The molecule has 3 heteroatoms. The Bertz CT molecular complexity index is 334. The highest BCUT2D eigenvalue weighted by atomic mass is 19.1. The Kier molecular flexibility index (Phi) is 3.21. The van der Waals surface area contributed by atoms with E-state index in [-0.39, 0.29) is 5.82 Å². The summed E-state index contributed by atoms with van der Waals surface area (Å²) < 4.78 is 18.8. The van der Waals surface area contributed by atoms with Gasteiger partial charge in [0.2, 0.25) is 0 Å². The van der Waals surface area contributed by atoms with Gasteiger partial charge in [0.05, 0.1) is 7.11 Å². The number of hydrogen-bond donors (Lipinski definition) is 1. The number of halogens is 1. The van der Waals surface area contributed by atoms with Crippen molar-refractivity contribution in [2.24, 2.45) is 0 Å². The largest absolute Gasteiger partial charge is 0.496 e. The summed E-state index contributed by atoms with van der Waals surface area (Å²) in [6.07, 6.45) is 3.02. The molecule has 15 heavy (non-hydrogen) atoms. The topological polar surface area (TPSA) is 21.3 Å². The van der Waals surface area contributed by atoms with Gasteiger partial charge >= 0.3 is 0 Å². The number of ether oxygens (including phenoxy) is 1. The van der Waals surface area contributed by atoms with E-state index in [1.807, 2.05) is 6.07 Å². The highest BCUT2D eigenvalue weighted by Crippen LogP contribution is 2.24. The average molecular weight is 209 g/mol. The van der Waals surface area contributed by atoms with Crippen molar-refractivity contribution in [1.29, 1.82) is 0 Å². The molecule has 0 aromatic heterocycles. The summed E-state index contributed by atoms with van der Waals surface area (Å²) in [7, 11) is 1.58. The average Bonchev–Trinajstić information content (AvgIpc) is 2.74. The van der Waals surface area contributed by atoms with Gasteiger partial charge in [0.25, 0.3) is 0 Å². The Morgan fingerprint density at radius 3 is 3.07 bits per heavy atom. The molecule has 2 rings (SSSR count). The van der Waals surface area contributed by atoms with Crippen LogP contribution in [0.1, 0.15) is 18.4 Å². The smallest absolute Gasteiger partial charge is 0.130 e. The van der Waals surface area contributed by atoms with Crippen molar-refractivity contribution in [3.05, 3.63) is 29.6 Å². The van der Waals surface area contributed by atoms with Crippen LogP contribution < -0.4 is 10.1 Å². The molecule has 1 fully saturated rings. The molecular formula is C12H16FNO. The number of hydrogen-bond acceptors (Lipinski definition) is 2. The van der Waals surface area contributed by atoms with Gasteiger partial charge in [-0.15, -0.1) is 0 Å². The normalized spacial score (nSPS) is 20.5. The monoisotopic (exact) mass is 209 g/mol. The van der Waals surface area contributed by atoms with E-state index in [4.69, 9.17) is 4.74 Å². The molecule has 0 radical (unpaired) electrons. The molecule has 1 aliphatic rings. The Balaban J connectivity index is 2.17. The quantitative estimate of drug-likeness (QED) is 0.823. The summed E-state index contributed by atoms with van der Waals surface area (Å²) in [6.45, 7) is 1.04. The van der Waals surface area contributed by atoms with Gasteiger partial charge in [-0.3, -0.25) is 0 Å². The molecule has 1 aromatic carbocycles. The molecule has 1 atom stereocenters. The number of rotatable bonds is 3. The Morgan fingerprint density at radius 1 is 1.53 bits per heavy atom. The van der Waals surface area contributed by atoms with Crippen LogP contribution in [0.3, 0.4) is 0 Å². The molecule has 1 N–H and O–H groups in total. The van der Waals surface area contributed by atoms with Gasteiger partial charge in [-0.05, 0) is 37.9 Å². The van der Waals surface area contributed by atoms with Crippen LogP contribution >= 0.6 is 0 Å².